The minimum Gasteiger partial charge on any atom is -0.481 e. The molecule has 1 aliphatic rings. The van der Waals surface area contributed by atoms with E-state index in [0.29, 0.717) is 0 Å². The van der Waals surface area contributed by atoms with E-state index in [1.165, 1.54) is 0 Å². The predicted molar refractivity (Wildman–Crippen MR) is 60.7 cm³/mol. The van der Waals surface area contributed by atoms with Crippen LogP contribution in [-0.2, 0) is 25.5 Å². The third-order valence-corrected chi connectivity index (χ3v) is 2.98. The maximum Gasteiger partial charge on any atom is 0.317 e. The molecule has 1 fully saturated rings. The van der Waals surface area contributed by atoms with Gasteiger partial charge in [-0.2, -0.15) is 0 Å². The van der Waals surface area contributed by atoms with Crippen LogP contribution in [0.1, 0.15) is 5.56 Å². The van der Waals surface area contributed by atoms with E-state index in [-0.39, 0.29) is 13.0 Å². The van der Waals surface area contributed by atoms with Crippen molar-refractivity contribution in [2.24, 2.45) is 11.8 Å². The van der Waals surface area contributed by atoms with Gasteiger partial charge in [0.2, 0.25) is 0 Å². The highest BCUT2D eigenvalue weighted by Gasteiger charge is 2.44. The number of hydrogen-bond acceptors (Lipinski definition) is 4. The van der Waals surface area contributed by atoms with Crippen molar-refractivity contribution in [3.63, 3.8) is 0 Å². The Morgan fingerprint density at radius 1 is 1.33 bits per heavy atom. The maximum absolute atomic E-state index is 11.5. The first-order valence-corrected chi connectivity index (χ1v) is 5.55. The van der Waals surface area contributed by atoms with Gasteiger partial charge in [-0.05, 0) is 12.0 Å². The van der Waals surface area contributed by atoms with Gasteiger partial charge in [-0.1, -0.05) is 30.3 Å². The van der Waals surface area contributed by atoms with E-state index in [1.807, 2.05) is 6.07 Å². The molecule has 0 spiro atoms. The van der Waals surface area contributed by atoms with Crippen LogP contribution >= 0.6 is 0 Å². The monoisotopic (exact) mass is 248 g/mol. The largest absolute Gasteiger partial charge is 0.481 e. The summed E-state index contributed by atoms with van der Waals surface area (Å²) in [7, 11) is 0. The molecule has 0 saturated carbocycles. The number of rotatable bonds is 4. The average molecular weight is 248 g/mol. The normalized spacial score (nSPS) is 20.6. The quantitative estimate of drug-likeness (QED) is 0.625. The summed E-state index contributed by atoms with van der Waals surface area (Å²) in [5.74, 6) is -4.58. The molecule has 1 aromatic carbocycles. The fraction of sp³-hybridized carbons (Fsp3) is 0.308. The van der Waals surface area contributed by atoms with Crippen molar-refractivity contribution in [2.75, 3.05) is 6.61 Å². The van der Waals surface area contributed by atoms with Crippen LogP contribution in [-0.4, -0.2) is 29.4 Å². The molecular weight excluding hydrogens is 236 g/mol. The lowest BCUT2D eigenvalue weighted by Crippen LogP contribution is -2.33. The number of aliphatic carboxylic acids is 1. The van der Waals surface area contributed by atoms with Gasteiger partial charge >= 0.3 is 11.9 Å². The molecule has 1 aliphatic heterocycles. The molecule has 1 aromatic rings. The molecular formula is C13H12O5. The van der Waals surface area contributed by atoms with Crippen LogP contribution < -0.4 is 0 Å². The Morgan fingerprint density at radius 2 is 2.00 bits per heavy atom. The molecule has 18 heavy (non-hydrogen) atoms. The zero-order valence-electron chi connectivity index (χ0n) is 9.54. The molecule has 2 atom stereocenters. The predicted octanol–water partition coefficient (Wildman–Crippen LogP) is 0.672. The molecule has 2 rings (SSSR count). The summed E-state index contributed by atoms with van der Waals surface area (Å²) in [5, 5.41) is 9.17. The highest BCUT2D eigenvalue weighted by atomic mass is 16.5. The standard InChI is InChI=1S/C13H12O5/c14-10-7-18-13(17)11(10)9(12(15)16)6-8-4-2-1-3-5-8/h1-5,9,11H,6-7H2,(H,15,16). The second kappa shape index (κ2) is 5.00. The van der Waals surface area contributed by atoms with E-state index in [1.54, 1.807) is 24.3 Å². The van der Waals surface area contributed by atoms with Crippen LogP contribution in [0.5, 0.6) is 0 Å². The fourth-order valence-electron chi connectivity index (χ4n) is 2.06. The van der Waals surface area contributed by atoms with Crippen molar-refractivity contribution in [3.05, 3.63) is 35.9 Å². The Labute approximate surface area is 103 Å². The van der Waals surface area contributed by atoms with E-state index in [4.69, 9.17) is 0 Å². The van der Waals surface area contributed by atoms with Gasteiger partial charge in [0.05, 0.1) is 5.92 Å². The van der Waals surface area contributed by atoms with Crippen LogP contribution in [0.3, 0.4) is 0 Å². The molecule has 94 valence electrons. The number of carbonyl (C=O) groups excluding carboxylic acids is 2. The molecule has 5 nitrogen and oxygen atoms in total. The Morgan fingerprint density at radius 3 is 2.50 bits per heavy atom. The van der Waals surface area contributed by atoms with Crippen LogP contribution in [0, 0.1) is 11.8 Å². The first kappa shape index (κ1) is 12.3. The zero-order valence-corrected chi connectivity index (χ0v) is 9.54. The van der Waals surface area contributed by atoms with Gasteiger partial charge in [0.15, 0.2) is 12.4 Å². The summed E-state index contributed by atoms with van der Waals surface area (Å²) >= 11 is 0. The van der Waals surface area contributed by atoms with Gasteiger partial charge in [0.25, 0.3) is 0 Å². The molecule has 0 bridgehead atoms. The van der Waals surface area contributed by atoms with Gasteiger partial charge < -0.3 is 9.84 Å². The van der Waals surface area contributed by atoms with Gasteiger partial charge in [-0.15, -0.1) is 0 Å². The summed E-state index contributed by atoms with van der Waals surface area (Å²) in [6.07, 6.45) is 0.141. The summed E-state index contributed by atoms with van der Waals surface area (Å²) in [6, 6.07) is 8.90. The zero-order chi connectivity index (χ0) is 13.1. The molecule has 5 heteroatoms. The van der Waals surface area contributed by atoms with Crippen molar-refractivity contribution < 1.29 is 24.2 Å². The van der Waals surface area contributed by atoms with Gasteiger partial charge in [0.1, 0.15) is 5.92 Å². The molecule has 1 heterocycles. The van der Waals surface area contributed by atoms with E-state index in [2.05, 4.69) is 4.74 Å². The Balaban J connectivity index is 2.21. The number of cyclic esters (lactones) is 1. The van der Waals surface area contributed by atoms with E-state index < -0.39 is 29.6 Å². The molecule has 0 radical (unpaired) electrons. The van der Waals surface area contributed by atoms with Crippen LogP contribution in [0.2, 0.25) is 0 Å². The minimum absolute atomic E-state index is 0.141. The molecule has 1 saturated heterocycles. The van der Waals surface area contributed by atoms with Crippen molar-refractivity contribution >= 4 is 17.7 Å². The van der Waals surface area contributed by atoms with Crippen molar-refractivity contribution in [1.82, 2.24) is 0 Å². The lowest BCUT2D eigenvalue weighted by molar-refractivity contribution is -0.152. The second-order valence-corrected chi connectivity index (χ2v) is 4.19. The number of Topliss-reactive ketones (excluding diaryl/α,β-unsaturated/α-hetero) is 1. The van der Waals surface area contributed by atoms with E-state index in [0.717, 1.165) is 5.56 Å². The Kier molecular flexibility index (Phi) is 3.41. The smallest absolute Gasteiger partial charge is 0.317 e. The van der Waals surface area contributed by atoms with Gasteiger partial charge in [0, 0.05) is 0 Å². The minimum atomic E-state index is -1.18. The number of carboxylic acids is 1. The number of esters is 1. The van der Waals surface area contributed by atoms with Crippen molar-refractivity contribution in [1.29, 1.82) is 0 Å². The van der Waals surface area contributed by atoms with Crippen molar-refractivity contribution in [2.45, 2.75) is 6.42 Å². The Hall–Kier alpha value is -2.17. The number of hydrogen-bond donors (Lipinski definition) is 1. The summed E-state index contributed by atoms with van der Waals surface area (Å²) in [6.45, 7) is -0.317. The number of carboxylic acid groups (broad SMARTS) is 1. The third kappa shape index (κ3) is 2.40. The Bertz CT molecular complexity index is 463. The van der Waals surface area contributed by atoms with Gasteiger partial charge in [-0.25, -0.2) is 0 Å². The number of carbonyl (C=O) groups is 3. The summed E-state index contributed by atoms with van der Waals surface area (Å²) in [5.41, 5.74) is 0.775. The fourth-order valence-corrected chi connectivity index (χ4v) is 2.06. The molecule has 0 aromatic heterocycles. The van der Waals surface area contributed by atoms with Crippen LogP contribution in [0.25, 0.3) is 0 Å². The summed E-state index contributed by atoms with van der Waals surface area (Å²) in [4.78, 5) is 34.1. The molecule has 0 aliphatic carbocycles. The second-order valence-electron chi connectivity index (χ2n) is 4.19. The highest BCUT2D eigenvalue weighted by Crippen LogP contribution is 2.24. The number of ketones is 1. The van der Waals surface area contributed by atoms with E-state index >= 15 is 0 Å². The van der Waals surface area contributed by atoms with E-state index in [9.17, 15) is 19.5 Å². The van der Waals surface area contributed by atoms with Crippen molar-refractivity contribution in [3.8, 4) is 0 Å². The third-order valence-electron chi connectivity index (χ3n) is 2.98. The lowest BCUT2D eigenvalue weighted by atomic mass is 9.85. The topological polar surface area (TPSA) is 80.7 Å². The maximum atomic E-state index is 11.5. The summed E-state index contributed by atoms with van der Waals surface area (Å²) < 4.78 is 4.59. The van der Waals surface area contributed by atoms with Crippen LogP contribution in [0.4, 0.5) is 0 Å². The first-order valence-electron chi connectivity index (χ1n) is 5.55. The van der Waals surface area contributed by atoms with Gasteiger partial charge in [-0.3, -0.25) is 14.4 Å². The molecule has 1 N–H and O–H groups in total. The average Bonchev–Trinajstić information content (AvgIpc) is 2.67. The molecule has 0 amide bonds. The number of benzene rings is 1. The lowest BCUT2D eigenvalue weighted by Gasteiger charge is -2.15. The highest BCUT2D eigenvalue weighted by molar-refractivity contribution is 6.07. The van der Waals surface area contributed by atoms with Crippen LogP contribution in [0.15, 0.2) is 30.3 Å². The molecule has 2 unspecified atom stereocenters. The SMILES string of the molecule is O=C(O)C(Cc1ccccc1)C1C(=O)COC1=O. The first-order chi connectivity index (χ1) is 8.59. The number of ether oxygens (including phenoxy) is 1.